The minimum Gasteiger partial charge on any atom is -0.373 e. The van der Waals surface area contributed by atoms with Gasteiger partial charge in [0.2, 0.25) is 0 Å². The van der Waals surface area contributed by atoms with Crippen LogP contribution in [0, 0.1) is 12.8 Å². The number of aryl methyl sites for hydroxylation is 1. The summed E-state index contributed by atoms with van der Waals surface area (Å²) in [6.07, 6.45) is 8.12. The SMILES string of the molecule is Cc1ccc(-c2[nH]ncc2CNC[C@@H]2CCCO[C@H]2c2cn[nH]c2)cc1. The lowest BCUT2D eigenvalue weighted by molar-refractivity contribution is -0.0278. The maximum atomic E-state index is 6.01. The molecule has 3 aromatic rings. The van der Waals surface area contributed by atoms with Crippen LogP contribution < -0.4 is 5.32 Å². The molecule has 0 amide bonds. The average molecular weight is 351 g/mol. The Hall–Kier alpha value is -2.44. The van der Waals surface area contributed by atoms with Crippen LogP contribution >= 0.6 is 0 Å². The van der Waals surface area contributed by atoms with Gasteiger partial charge in [-0.3, -0.25) is 10.2 Å². The third-order valence-electron chi connectivity index (χ3n) is 5.07. The average Bonchev–Trinajstić information content (AvgIpc) is 3.35. The number of aromatic nitrogens is 4. The molecule has 2 atom stereocenters. The number of benzene rings is 1. The smallest absolute Gasteiger partial charge is 0.0895 e. The topological polar surface area (TPSA) is 78.6 Å². The van der Waals surface area contributed by atoms with Gasteiger partial charge < -0.3 is 10.1 Å². The molecule has 2 aromatic heterocycles. The predicted molar refractivity (Wildman–Crippen MR) is 100 cm³/mol. The molecule has 0 saturated carbocycles. The first-order valence-corrected chi connectivity index (χ1v) is 9.21. The van der Waals surface area contributed by atoms with Crippen molar-refractivity contribution < 1.29 is 4.74 Å². The zero-order valence-electron chi connectivity index (χ0n) is 15.0. The summed E-state index contributed by atoms with van der Waals surface area (Å²) in [5, 5.41) is 17.9. The van der Waals surface area contributed by atoms with Gasteiger partial charge in [0.05, 0.1) is 24.2 Å². The summed E-state index contributed by atoms with van der Waals surface area (Å²) in [6.45, 7) is 4.62. The molecule has 0 unspecified atom stereocenters. The van der Waals surface area contributed by atoms with Gasteiger partial charge in [0, 0.05) is 42.9 Å². The van der Waals surface area contributed by atoms with Gasteiger partial charge in [-0.2, -0.15) is 10.2 Å². The van der Waals surface area contributed by atoms with E-state index in [9.17, 15) is 0 Å². The minimum atomic E-state index is 0.121. The van der Waals surface area contributed by atoms with Crippen LogP contribution in [-0.2, 0) is 11.3 Å². The van der Waals surface area contributed by atoms with E-state index in [1.807, 2.05) is 18.6 Å². The Labute approximate surface area is 153 Å². The summed E-state index contributed by atoms with van der Waals surface area (Å²) in [5.41, 5.74) is 5.84. The maximum Gasteiger partial charge on any atom is 0.0895 e. The molecule has 1 saturated heterocycles. The lowest BCUT2D eigenvalue weighted by atomic mass is 9.91. The third kappa shape index (κ3) is 3.71. The highest BCUT2D eigenvalue weighted by Gasteiger charge is 2.27. The second-order valence-corrected chi connectivity index (χ2v) is 6.99. The van der Waals surface area contributed by atoms with Gasteiger partial charge in [-0.05, 0) is 25.3 Å². The van der Waals surface area contributed by atoms with Crippen molar-refractivity contribution in [1.29, 1.82) is 0 Å². The molecule has 4 rings (SSSR count). The number of H-pyrrole nitrogens is 2. The van der Waals surface area contributed by atoms with E-state index in [2.05, 4.69) is 56.9 Å². The fourth-order valence-corrected chi connectivity index (χ4v) is 3.64. The van der Waals surface area contributed by atoms with Crippen molar-refractivity contribution in [1.82, 2.24) is 25.7 Å². The molecule has 6 nitrogen and oxygen atoms in total. The zero-order chi connectivity index (χ0) is 17.8. The number of hydrogen-bond acceptors (Lipinski definition) is 4. The maximum absolute atomic E-state index is 6.01. The molecule has 1 aliphatic rings. The summed E-state index contributed by atoms with van der Waals surface area (Å²) in [5.74, 6) is 0.455. The molecule has 0 aliphatic carbocycles. The standard InChI is InChI=1S/C20H25N5O/c1-14-4-6-15(7-5-14)19-17(11-24-25-19)10-21-9-16-3-2-8-26-20(16)18-12-22-23-13-18/h4-7,11-13,16,20-21H,2-3,8-10H2,1H3,(H,22,23)(H,24,25)/t16-,20+/m0/s1. The number of hydrogen-bond donors (Lipinski definition) is 3. The van der Waals surface area contributed by atoms with Crippen molar-refractivity contribution in [2.45, 2.75) is 32.4 Å². The zero-order valence-corrected chi connectivity index (χ0v) is 15.0. The van der Waals surface area contributed by atoms with Gasteiger partial charge in [0.25, 0.3) is 0 Å². The van der Waals surface area contributed by atoms with Crippen LogP contribution in [0.4, 0.5) is 0 Å². The van der Waals surface area contributed by atoms with Gasteiger partial charge in [0.15, 0.2) is 0 Å². The Morgan fingerprint density at radius 2 is 2.08 bits per heavy atom. The minimum absolute atomic E-state index is 0.121. The van der Waals surface area contributed by atoms with Crippen LogP contribution in [-0.4, -0.2) is 33.5 Å². The van der Waals surface area contributed by atoms with Gasteiger partial charge in [-0.1, -0.05) is 29.8 Å². The number of ether oxygens (including phenoxy) is 1. The molecule has 26 heavy (non-hydrogen) atoms. The van der Waals surface area contributed by atoms with E-state index < -0.39 is 0 Å². The number of nitrogens with one attached hydrogen (secondary N) is 3. The molecule has 3 N–H and O–H groups in total. The van der Waals surface area contributed by atoms with E-state index in [1.165, 1.54) is 23.1 Å². The molecule has 3 heterocycles. The predicted octanol–water partition coefficient (Wildman–Crippen LogP) is 3.37. The highest BCUT2D eigenvalue weighted by Crippen LogP contribution is 2.32. The number of aromatic amines is 2. The Bertz CT molecular complexity index is 809. The van der Waals surface area contributed by atoms with Gasteiger partial charge in [-0.15, -0.1) is 0 Å². The third-order valence-corrected chi connectivity index (χ3v) is 5.07. The Morgan fingerprint density at radius 3 is 2.88 bits per heavy atom. The summed E-state index contributed by atoms with van der Waals surface area (Å²) >= 11 is 0. The van der Waals surface area contributed by atoms with Crippen LogP contribution in [0.25, 0.3) is 11.3 Å². The van der Waals surface area contributed by atoms with E-state index in [-0.39, 0.29) is 6.10 Å². The van der Waals surface area contributed by atoms with Crippen molar-refractivity contribution in [3.05, 3.63) is 59.5 Å². The van der Waals surface area contributed by atoms with Gasteiger partial charge >= 0.3 is 0 Å². The van der Waals surface area contributed by atoms with E-state index in [0.717, 1.165) is 37.4 Å². The van der Waals surface area contributed by atoms with Crippen LogP contribution in [0.15, 0.2) is 42.9 Å². The van der Waals surface area contributed by atoms with Crippen LogP contribution in [0.2, 0.25) is 0 Å². The quantitative estimate of drug-likeness (QED) is 0.636. The molecule has 136 valence electrons. The van der Waals surface area contributed by atoms with Crippen molar-refractivity contribution in [3.8, 4) is 11.3 Å². The highest BCUT2D eigenvalue weighted by molar-refractivity contribution is 5.62. The van der Waals surface area contributed by atoms with Crippen molar-refractivity contribution >= 4 is 0 Å². The number of nitrogens with zero attached hydrogens (tertiary/aromatic N) is 2. The first-order chi connectivity index (χ1) is 12.8. The molecule has 0 bridgehead atoms. The van der Waals surface area contributed by atoms with Crippen molar-refractivity contribution in [2.75, 3.05) is 13.2 Å². The molecule has 0 radical (unpaired) electrons. The van der Waals surface area contributed by atoms with Crippen molar-refractivity contribution in [2.24, 2.45) is 5.92 Å². The second-order valence-electron chi connectivity index (χ2n) is 6.99. The highest BCUT2D eigenvalue weighted by atomic mass is 16.5. The number of rotatable bonds is 6. The fourth-order valence-electron chi connectivity index (χ4n) is 3.64. The van der Waals surface area contributed by atoms with E-state index in [0.29, 0.717) is 5.92 Å². The van der Waals surface area contributed by atoms with Crippen LogP contribution in [0.3, 0.4) is 0 Å². The van der Waals surface area contributed by atoms with Crippen molar-refractivity contribution in [3.63, 3.8) is 0 Å². The van der Waals surface area contributed by atoms with E-state index in [1.54, 1.807) is 0 Å². The summed E-state index contributed by atoms with van der Waals surface area (Å²) in [7, 11) is 0. The normalized spacial score (nSPS) is 20.3. The summed E-state index contributed by atoms with van der Waals surface area (Å²) < 4.78 is 6.01. The summed E-state index contributed by atoms with van der Waals surface area (Å²) in [4.78, 5) is 0. The molecule has 1 aliphatic heterocycles. The lowest BCUT2D eigenvalue weighted by Crippen LogP contribution is -2.31. The Kier molecular flexibility index (Phi) is 5.13. The second kappa shape index (κ2) is 7.85. The molecule has 0 spiro atoms. The Morgan fingerprint density at radius 1 is 1.19 bits per heavy atom. The summed E-state index contributed by atoms with van der Waals surface area (Å²) in [6, 6.07) is 8.52. The van der Waals surface area contributed by atoms with Crippen LogP contribution in [0.1, 0.15) is 35.6 Å². The lowest BCUT2D eigenvalue weighted by Gasteiger charge is -2.31. The fraction of sp³-hybridized carbons (Fsp3) is 0.400. The molecule has 1 aromatic carbocycles. The molecule has 6 heteroatoms. The van der Waals surface area contributed by atoms with E-state index >= 15 is 0 Å². The largest absolute Gasteiger partial charge is 0.373 e. The molecular formula is C20H25N5O. The first-order valence-electron chi connectivity index (χ1n) is 9.21. The Balaban J connectivity index is 1.39. The van der Waals surface area contributed by atoms with Crippen LogP contribution in [0.5, 0.6) is 0 Å². The monoisotopic (exact) mass is 351 g/mol. The van der Waals surface area contributed by atoms with Gasteiger partial charge in [-0.25, -0.2) is 0 Å². The molecular weight excluding hydrogens is 326 g/mol. The van der Waals surface area contributed by atoms with E-state index in [4.69, 9.17) is 4.74 Å². The van der Waals surface area contributed by atoms with Gasteiger partial charge in [0.1, 0.15) is 0 Å². The molecule has 1 fully saturated rings. The first kappa shape index (κ1) is 17.0.